The van der Waals surface area contributed by atoms with Crippen molar-refractivity contribution in [2.24, 2.45) is 0 Å². The van der Waals surface area contributed by atoms with Gasteiger partial charge in [0.2, 0.25) is 0 Å². The second-order valence-corrected chi connectivity index (χ2v) is 5.65. The molecule has 0 spiro atoms. The van der Waals surface area contributed by atoms with E-state index in [0.717, 1.165) is 29.8 Å². The first kappa shape index (κ1) is 14.3. The number of hydrogen-bond donors (Lipinski definition) is 1. The van der Waals surface area contributed by atoms with Crippen LogP contribution in [0.5, 0.6) is 0 Å². The highest BCUT2D eigenvalue weighted by atomic mass is 79.9. The van der Waals surface area contributed by atoms with Gasteiger partial charge in [-0.3, -0.25) is 4.68 Å². The Labute approximate surface area is 123 Å². The summed E-state index contributed by atoms with van der Waals surface area (Å²) in [6.45, 7) is 8.94. The summed E-state index contributed by atoms with van der Waals surface area (Å²) < 4.78 is 3.19. The standard InChI is InChI=1S/C15H20BrN3/c1-4-17-9-13-5-6-14(15(16)8-13)10-19-12(3)7-11(2)18-19/h5-8,17H,4,9-10H2,1-3H3. The zero-order valence-electron chi connectivity index (χ0n) is 11.7. The maximum absolute atomic E-state index is 4.50. The van der Waals surface area contributed by atoms with Gasteiger partial charge in [-0.25, -0.2) is 0 Å². The summed E-state index contributed by atoms with van der Waals surface area (Å²) in [5.41, 5.74) is 4.82. The average molecular weight is 322 g/mol. The van der Waals surface area contributed by atoms with E-state index in [1.54, 1.807) is 0 Å². The summed E-state index contributed by atoms with van der Waals surface area (Å²) >= 11 is 3.66. The van der Waals surface area contributed by atoms with Crippen LogP contribution in [0, 0.1) is 13.8 Å². The third-order valence-corrected chi connectivity index (χ3v) is 3.86. The van der Waals surface area contributed by atoms with E-state index < -0.39 is 0 Å². The van der Waals surface area contributed by atoms with Crippen LogP contribution in [0.15, 0.2) is 28.7 Å². The van der Waals surface area contributed by atoms with E-state index in [-0.39, 0.29) is 0 Å². The van der Waals surface area contributed by atoms with Crippen LogP contribution in [-0.4, -0.2) is 16.3 Å². The number of rotatable bonds is 5. The van der Waals surface area contributed by atoms with Crippen molar-refractivity contribution in [2.45, 2.75) is 33.9 Å². The summed E-state index contributed by atoms with van der Waals surface area (Å²) in [5, 5.41) is 7.84. The fraction of sp³-hybridized carbons (Fsp3) is 0.400. The number of halogens is 1. The molecular weight excluding hydrogens is 302 g/mol. The number of benzene rings is 1. The fourth-order valence-corrected chi connectivity index (χ4v) is 2.65. The second kappa shape index (κ2) is 6.35. The molecule has 102 valence electrons. The molecular formula is C15H20BrN3. The Hall–Kier alpha value is -1.13. The van der Waals surface area contributed by atoms with Crippen molar-refractivity contribution in [1.82, 2.24) is 15.1 Å². The predicted molar refractivity (Wildman–Crippen MR) is 82.3 cm³/mol. The van der Waals surface area contributed by atoms with Gasteiger partial charge in [0, 0.05) is 16.7 Å². The monoisotopic (exact) mass is 321 g/mol. The lowest BCUT2D eigenvalue weighted by Crippen LogP contribution is -2.12. The first-order valence-electron chi connectivity index (χ1n) is 6.59. The molecule has 1 heterocycles. The largest absolute Gasteiger partial charge is 0.313 e. The molecule has 1 aromatic heterocycles. The summed E-state index contributed by atoms with van der Waals surface area (Å²) in [6.07, 6.45) is 0. The third kappa shape index (κ3) is 3.67. The van der Waals surface area contributed by atoms with Crippen molar-refractivity contribution in [3.8, 4) is 0 Å². The number of aryl methyl sites for hydroxylation is 2. The van der Waals surface area contributed by atoms with Gasteiger partial charge in [-0.2, -0.15) is 5.10 Å². The minimum Gasteiger partial charge on any atom is -0.313 e. The Kier molecular flexibility index (Phi) is 4.77. The van der Waals surface area contributed by atoms with E-state index in [9.17, 15) is 0 Å². The van der Waals surface area contributed by atoms with E-state index in [2.05, 4.69) is 64.5 Å². The molecule has 1 aromatic carbocycles. The van der Waals surface area contributed by atoms with Gasteiger partial charge >= 0.3 is 0 Å². The highest BCUT2D eigenvalue weighted by Gasteiger charge is 2.06. The number of hydrogen-bond acceptors (Lipinski definition) is 2. The van der Waals surface area contributed by atoms with E-state index in [1.165, 1.54) is 16.8 Å². The van der Waals surface area contributed by atoms with Crippen molar-refractivity contribution in [3.05, 3.63) is 51.3 Å². The Balaban J connectivity index is 2.15. The lowest BCUT2D eigenvalue weighted by Gasteiger charge is -2.09. The van der Waals surface area contributed by atoms with Gasteiger partial charge in [0.25, 0.3) is 0 Å². The van der Waals surface area contributed by atoms with Crippen LogP contribution in [0.3, 0.4) is 0 Å². The minimum atomic E-state index is 0.807. The quantitative estimate of drug-likeness (QED) is 0.914. The van der Waals surface area contributed by atoms with Crippen LogP contribution < -0.4 is 5.32 Å². The molecule has 1 N–H and O–H groups in total. The van der Waals surface area contributed by atoms with Gasteiger partial charge in [-0.15, -0.1) is 0 Å². The SMILES string of the molecule is CCNCc1ccc(Cn2nc(C)cc2C)c(Br)c1. The number of aromatic nitrogens is 2. The molecule has 2 aromatic rings. The van der Waals surface area contributed by atoms with Crippen molar-refractivity contribution >= 4 is 15.9 Å². The first-order valence-corrected chi connectivity index (χ1v) is 7.38. The lowest BCUT2D eigenvalue weighted by atomic mass is 10.1. The summed E-state index contributed by atoms with van der Waals surface area (Å²) in [4.78, 5) is 0. The molecule has 0 radical (unpaired) electrons. The van der Waals surface area contributed by atoms with Crippen LogP contribution in [0.25, 0.3) is 0 Å². The van der Waals surface area contributed by atoms with Gasteiger partial charge in [-0.1, -0.05) is 35.0 Å². The van der Waals surface area contributed by atoms with E-state index >= 15 is 0 Å². The molecule has 0 aliphatic heterocycles. The van der Waals surface area contributed by atoms with Crippen LogP contribution in [0.4, 0.5) is 0 Å². The smallest absolute Gasteiger partial charge is 0.0673 e. The van der Waals surface area contributed by atoms with E-state index in [0.29, 0.717) is 0 Å². The predicted octanol–water partition coefficient (Wildman–Crippen LogP) is 3.42. The zero-order chi connectivity index (χ0) is 13.8. The molecule has 0 atom stereocenters. The molecule has 0 unspecified atom stereocenters. The van der Waals surface area contributed by atoms with E-state index in [1.807, 2.05) is 11.6 Å². The Bertz CT molecular complexity index is 561. The topological polar surface area (TPSA) is 29.9 Å². The fourth-order valence-electron chi connectivity index (χ4n) is 2.09. The molecule has 3 nitrogen and oxygen atoms in total. The molecule has 0 saturated heterocycles. The molecule has 19 heavy (non-hydrogen) atoms. The molecule has 0 aliphatic rings. The molecule has 0 bridgehead atoms. The van der Waals surface area contributed by atoms with Gasteiger partial charge in [0.15, 0.2) is 0 Å². The highest BCUT2D eigenvalue weighted by molar-refractivity contribution is 9.10. The maximum Gasteiger partial charge on any atom is 0.0673 e. The molecule has 2 rings (SSSR count). The Morgan fingerprint density at radius 1 is 1.26 bits per heavy atom. The van der Waals surface area contributed by atoms with Crippen molar-refractivity contribution in [3.63, 3.8) is 0 Å². The number of nitrogens with zero attached hydrogens (tertiary/aromatic N) is 2. The van der Waals surface area contributed by atoms with Gasteiger partial charge in [0.1, 0.15) is 0 Å². The van der Waals surface area contributed by atoms with E-state index in [4.69, 9.17) is 0 Å². The molecule has 4 heteroatoms. The van der Waals surface area contributed by atoms with Crippen LogP contribution in [0.1, 0.15) is 29.4 Å². The van der Waals surface area contributed by atoms with Crippen molar-refractivity contribution in [2.75, 3.05) is 6.54 Å². The highest BCUT2D eigenvalue weighted by Crippen LogP contribution is 2.20. The maximum atomic E-state index is 4.50. The molecule has 0 amide bonds. The van der Waals surface area contributed by atoms with Gasteiger partial charge in [-0.05, 0) is 43.7 Å². The third-order valence-electron chi connectivity index (χ3n) is 3.12. The second-order valence-electron chi connectivity index (χ2n) is 4.79. The number of nitrogens with one attached hydrogen (secondary N) is 1. The normalized spacial score (nSPS) is 10.9. The van der Waals surface area contributed by atoms with Gasteiger partial charge < -0.3 is 5.32 Å². The lowest BCUT2D eigenvalue weighted by molar-refractivity contribution is 0.656. The van der Waals surface area contributed by atoms with Crippen molar-refractivity contribution in [1.29, 1.82) is 0 Å². The van der Waals surface area contributed by atoms with Crippen LogP contribution in [0.2, 0.25) is 0 Å². The van der Waals surface area contributed by atoms with Crippen LogP contribution >= 0.6 is 15.9 Å². The van der Waals surface area contributed by atoms with Crippen molar-refractivity contribution < 1.29 is 0 Å². The molecule has 0 fully saturated rings. The summed E-state index contributed by atoms with van der Waals surface area (Å²) in [5.74, 6) is 0. The summed E-state index contributed by atoms with van der Waals surface area (Å²) in [7, 11) is 0. The minimum absolute atomic E-state index is 0.807. The molecule has 0 aliphatic carbocycles. The average Bonchev–Trinajstić information content (AvgIpc) is 2.68. The Morgan fingerprint density at radius 3 is 2.63 bits per heavy atom. The summed E-state index contributed by atoms with van der Waals surface area (Å²) in [6, 6.07) is 8.64. The van der Waals surface area contributed by atoms with Gasteiger partial charge in [0.05, 0.1) is 12.2 Å². The molecule has 0 saturated carbocycles. The zero-order valence-corrected chi connectivity index (χ0v) is 13.3. The Morgan fingerprint density at radius 2 is 2.05 bits per heavy atom. The first-order chi connectivity index (χ1) is 9.10. The van der Waals surface area contributed by atoms with Crippen LogP contribution in [-0.2, 0) is 13.1 Å².